The molecule has 20 heavy (non-hydrogen) atoms. The zero-order valence-corrected chi connectivity index (χ0v) is 12.6. The van der Waals surface area contributed by atoms with Crippen LogP contribution in [0.3, 0.4) is 0 Å². The quantitative estimate of drug-likeness (QED) is 0.802. The van der Waals surface area contributed by atoms with Crippen LogP contribution in [0, 0.1) is 0 Å². The van der Waals surface area contributed by atoms with Gasteiger partial charge < -0.3 is 15.0 Å². The Bertz CT molecular complexity index is 353. The van der Waals surface area contributed by atoms with Gasteiger partial charge in [0.2, 0.25) is 11.8 Å². The molecule has 0 bridgehead atoms. The van der Waals surface area contributed by atoms with Gasteiger partial charge in [-0.25, -0.2) is 0 Å². The predicted molar refractivity (Wildman–Crippen MR) is 76.2 cm³/mol. The van der Waals surface area contributed by atoms with E-state index < -0.39 is 0 Å². The summed E-state index contributed by atoms with van der Waals surface area (Å²) in [5.41, 5.74) is 0. The molecule has 5 heteroatoms. The molecule has 1 N–H and O–H groups in total. The number of carbonyl (C=O) groups excluding carboxylic acids is 2. The molecule has 2 saturated heterocycles. The third kappa shape index (κ3) is 3.32. The third-order valence-corrected chi connectivity index (χ3v) is 4.26. The molecule has 114 valence electrons. The number of nitrogens with one attached hydrogen (secondary N) is 1. The van der Waals surface area contributed by atoms with Gasteiger partial charge >= 0.3 is 0 Å². The molecule has 2 heterocycles. The zero-order chi connectivity index (χ0) is 14.5. The number of hydrogen-bond donors (Lipinski definition) is 1. The summed E-state index contributed by atoms with van der Waals surface area (Å²) >= 11 is 0. The van der Waals surface area contributed by atoms with Gasteiger partial charge in [0.05, 0.1) is 6.10 Å². The maximum atomic E-state index is 12.5. The average molecular weight is 282 g/mol. The van der Waals surface area contributed by atoms with Crippen molar-refractivity contribution in [2.75, 3.05) is 13.2 Å². The van der Waals surface area contributed by atoms with Gasteiger partial charge in [-0.1, -0.05) is 20.3 Å². The minimum absolute atomic E-state index is 0.00522. The van der Waals surface area contributed by atoms with E-state index in [1.165, 1.54) is 0 Å². The van der Waals surface area contributed by atoms with E-state index in [-0.39, 0.29) is 30.0 Å². The second-order valence-electron chi connectivity index (χ2n) is 5.73. The van der Waals surface area contributed by atoms with Crippen LogP contribution in [0.2, 0.25) is 0 Å². The highest BCUT2D eigenvalue weighted by molar-refractivity contribution is 5.96. The average Bonchev–Trinajstić information content (AvgIpc) is 2.95. The van der Waals surface area contributed by atoms with Gasteiger partial charge in [-0.3, -0.25) is 9.59 Å². The second-order valence-corrected chi connectivity index (χ2v) is 5.73. The van der Waals surface area contributed by atoms with Gasteiger partial charge in [-0.05, 0) is 32.1 Å². The summed E-state index contributed by atoms with van der Waals surface area (Å²) in [6, 6.07) is -0.642. The van der Waals surface area contributed by atoms with E-state index in [9.17, 15) is 9.59 Å². The van der Waals surface area contributed by atoms with Gasteiger partial charge in [-0.15, -0.1) is 0 Å². The van der Waals surface area contributed by atoms with Crippen LogP contribution < -0.4 is 5.32 Å². The van der Waals surface area contributed by atoms with E-state index in [0.717, 1.165) is 38.7 Å². The van der Waals surface area contributed by atoms with E-state index >= 15 is 0 Å². The molecule has 2 aliphatic heterocycles. The lowest BCUT2D eigenvalue weighted by molar-refractivity contribution is -0.150. The standard InChI is InChI=1S/C15H26N2O3/c1-3-6-13-14(18)16-12(4-2)15(19)17(13)9-8-11-7-5-10-20-11/h11-13H,3-10H2,1-2H3,(H,16,18). The van der Waals surface area contributed by atoms with Crippen LogP contribution in [0.5, 0.6) is 0 Å². The molecule has 3 atom stereocenters. The Morgan fingerprint density at radius 3 is 2.70 bits per heavy atom. The maximum absolute atomic E-state index is 12.5. The normalized spacial score (nSPS) is 30.7. The fraction of sp³-hybridized carbons (Fsp3) is 0.867. The summed E-state index contributed by atoms with van der Waals surface area (Å²) in [6.07, 6.45) is 5.57. The molecule has 0 saturated carbocycles. The first-order valence-corrected chi connectivity index (χ1v) is 7.89. The second kappa shape index (κ2) is 7.07. The Hall–Kier alpha value is -1.10. The lowest BCUT2D eigenvalue weighted by atomic mass is 10.0. The molecule has 0 aromatic heterocycles. The van der Waals surface area contributed by atoms with Crippen molar-refractivity contribution in [1.29, 1.82) is 0 Å². The first-order chi connectivity index (χ1) is 9.67. The molecule has 0 radical (unpaired) electrons. The molecule has 5 nitrogen and oxygen atoms in total. The fourth-order valence-electron chi connectivity index (χ4n) is 3.08. The van der Waals surface area contributed by atoms with Crippen molar-refractivity contribution in [3.8, 4) is 0 Å². The molecular formula is C15H26N2O3. The van der Waals surface area contributed by atoms with Gasteiger partial charge in [0.1, 0.15) is 12.1 Å². The van der Waals surface area contributed by atoms with Crippen molar-refractivity contribution in [3.63, 3.8) is 0 Å². The van der Waals surface area contributed by atoms with Crippen LogP contribution in [-0.2, 0) is 14.3 Å². The Labute approximate surface area is 121 Å². The lowest BCUT2D eigenvalue weighted by Gasteiger charge is -2.39. The van der Waals surface area contributed by atoms with Crippen LogP contribution in [0.25, 0.3) is 0 Å². The van der Waals surface area contributed by atoms with Crippen LogP contribution in [-0.4, -0.2) is 48.1 Å². The van der Waals surface area contributed by atoms with Crippen molar-refractivity contribution in [3.05, 3.63) is 0 Å². The molecule has 0 aromatic carbocycles. The van der Waals surface area contributed by atoms with E-state index in [0.29, 0.717) is 13.0 Å². The lowest BCUT2D eigenvalue weighted by Crippen LogP contribution is -2.63. The highest BCUT2D eigenvalue weighted by Crippen LogP contribution is 2.20. The first-order valence-electron chi connectivity index (χ1n) is 7.89. The first kappa shape index (κ1) is 15.3. The van der Waals surface area contributed by atoms with Crippen LogP contribution in [0.4, 0.5) is 0 Å². The molecular weight excluding hydrogens is 256 g/mol. The van der Waals surface area contributed by atoms with Crippen LogP contribution in [0.1, 0.15) is 52.4 Å². The number of piperazine rings is 1. The number of nitrogens with zero attached hydrogens (tertiary/aromatic N) is 1. The van der Waals surface area contributed by atoms with E-state index in [4.69, 9.17) is 4.74 Å². The number of hydrogen-bond acceptors (Lipinski definition) is 3. The van der Waals surface area contributed by atoms with Crippen molar-refractivity contribution < 1.29 is 14.3 Å². The molecule has 2 fully saturated rings. The Morgan fingerprint density at radius 1 is 1.30 bits per heavy atom. The summed E-state index contributed by atoms with van der Waals surface area (Å²) in [7, 11) is 0. The Balaban J connectivity index is 2.01. The van der Waals surface area contributed by atoms with E-state index in [1.807, 2.05) is 13.8 Å². The molecule has 3 unspecified atom stereocenters. The number of rotatable bonds is 6. The molecule has 2 rings (SSSR count). The maximum Gasteiger partial charge on any atom is 0.245 e. The minimum atomic E-state index is -0.347. The molecule has 2 amide bonds. The fourth-order valence-corrected chi connectivity index (χ4v) is 3.08. The molecule has 0 aromatic rings. The Morgan fingerprint density at radius 2 is 2.10 bits per heavy atom. The highest BCUT2D eigenvalue weighted by Gasteiger charge is 2.39. The summed E-state index contributed by atoms with van der Waals surface area (Å²) in [5.74, 6) is 0.0780. The smallest absolute Gasteiger partial charge is 0.245 e. The molecule has 0 aliphatic carbocycles. The summed E-state index contributed by atoms with van der Waals surface area (Å²) < 4.78 is 5.62. The number of ether oxygens (including phenoxy) is 1. The van der Waals surface area contributed by atoms with Crippen molar-refractivity contribution in [1.82, 2.24) is 10.2 Å². The van der Waals surface area contributed by atoms with Gasteiger partial charge in [0.15, 0.2) is 0 Å². The van der Waals surface area contributed by atoms with Crippen LogP contribution >= 0.6 is 0 Å². The summed E-state index contributed by atoms with van der Waals surface area (Å²) in [4.78, 5) is 26.4. The van der Waals surface area contributed by atoms with Crippen molar-refractivity contribution in [2.45, 2.75) is 70.6 Å². The monoisotopic (exact) mass is 282 g/mol. The predicted octanol–water partition coefficient (Wildman–Crippen LogP) is 1.46. The van der Waals surface area contributed by atoms with Crippen molar-refractivity contribution >= 4 is 11.8 Å². The third-order valence-electron chi connectivity index (χ3n) is 4.26. The van der Waals surface area contributed by atoms with Gasteiger partial charge in [0, 0.05) is 13.2 Å². The molecule has 0 spiro atoms. The largest absolute Gasteiger partial charge is 0.378 e. The zero-order valence-electron chi connectivity index (χ0n) is 12.6. The molecule has 2 aliphatic rings. The summed E-state index contributed by atoms with van der Waals surface area (Å²) in [5, 5.41) is 2.85. The number of amides is 2. The van der Waals surface area contributed by atoms with Gasteiger partial charge in [-0.2, -0.15) is 0 Å². The van der Waals surface area contributed by atoms with Gasteiger partial charge in [0.25, 0.3) is 0 Å². The summed E-state index contributed by atoms with van der Waals surface area (Å²) in [6.45, 7) is 5.44. The Kier molecular flexibility index (Phi) is 5.40. The SMILES string of the molecule is CCCC1C(=O)NC(CC)C(=O)N1CCC1CCCO1. The van der Waals surface area contributed by atoms with Crippen molar-refractivity contribution in [2.24, 2.45) is 0 Å². The highest BCUT2D eigenvalue weighted by atomic mass is 16.5. The van der Waals surface area contributed by atoms with Crippen LogP contribution in [0.15, 0.2) is 0 Å². The minimum Gasteiger partial charge on any atom is -0.378 e. The topological polar surface area (TPSA) is 58.6 Å². The number of carbonyl (C=O) groups is 2. The van der Waals surface area contributed by atoms with E-state index in [2.05, 4.69) is 5.32 Å². The van der Waals surface area contributed by atoms with E-state index in [1.54, 1.807) is 4.90 Å².